The van der Waals surface area contributed by atoms with Gasteiger partial charge in [-0.25, -0.2) is 0 Å². The van der Waals surface area contributed by atoms with Crippen molar-refractivity contribution in [3.63, 3.8) is 0 Å². The third-order valence-electron chi connectivity index (χ3n) is 0. The molecule has 0 spiro atoms. The van der Waals surface area contributed by atoms with Crippen molar-refractivity contribution in [3.05, 3.63) is 0 Å². The first-order valence-electron chi connectivity index (χ1n) is 1.84. The van der Waals surface area contributed by atoms with Gasteiger partial charge in [0.25, 0.3) is 0 Å². The molecule has 0 aromatic rings. The van der Waals surface area contributed by atoms with Crippen LogP contribution < -0.4 is 28.8 Å². The van der Waals surface area contributed by atoms with E-state index < -0.39 is 27.5 Å². The molecule has 0 aliphatic heterocycles. The summed E-state index contributed by atoms with van der Waals surface area (Å²) in [4.78, 5) is 51.1. The summed E-state index contributed by atoms with van der Waals surface area (Å²) in [5.74, 6) is 0. The van der Waals surface area contributed by atoms with Crippen LogP contribution in [0.15, 0.2) is 0 Å². The van der Waals surface area contributed by atoms with E-state index in [1.54, 1.807) is 0 Å². The van der Waals surface area contributed by atoms with Crippen LogP contribution in [0.25, 0.3) is 0 Å². The SMILES string of the molecule is O=[Si]([O-])[O-].O=[Si]([O-])[O-].O=[Si]([O-])[O-].[Sc+3].[Sc+3]. The summed E-state index contributed by atoms with van der Waals surface area (Å²) in [5.41, 5.74) is 0. The number of rotatable bonds is 0. The summed E-state index contributed by atoms with van der Waals surface area (Å²) in [6.07, 6.45) is 0. The molecule has 0 rings (SSSR count). The summed E-state index contributed by atoms with van der Waals surface area (Å²) in [6, 6.07) is 0. The molecular weight excluding hydrogens is 318 g/mol. The van der Waals surface area contributed by atoms with Gasteiger partial charge in [-0.1, -0.05) is 0 Å². The van der Waals surface area contributed by atoms with Gasteiger partial charge in [-0.2, -0.15) is 0 Å². The zero-order valence-corrected chi connectivity index (χ0v) is 12.9. The van der Waals surface area contributed by atoms with Gasteiger partial charge >= 0.3 is 51.7 Å². The predicted octanol–water partition coefficient (Wildman–Crippen LogP) is -8.64. The third kappa shape index (κ3) is 4840. The molecule has 14 heavy (non-hydrogen) atoms. The van der Waals surface area contributed by atoms with Crippen molar-refractivity contribution in [2.45, 2.75) is 0 Å². The first-order chi connectivity index (χ1) is 5.20. The van der Waals surface area contributed by atoms with Crippen LogP contribution >= 0.6 is 0 Å². The van der Waals surface area contributed by atoms with Crippen molar-refractivity contribution in [2.24, 2.45) is 0 Å². The second kappa shape index (κ2) is 23.4. The van der Waals surface area contributed by atoms with Crippen molar-refractivity contribution in [1.29, 1.82) is 0 Å². The largest absolute Gasteiger partial charge is 3.00 e. The monoisotopic (exact) mass is 318 g/mol. The van der Waals surface area contributed by atoms with E-state index in [-0.39, 0.29) is 51.7 Å². The summed E-state index contributed by atoms with van der Waals surface area (Å²) in [7, 11) is -10.9. The van der Waals surface area contributed by atoms with Gasteiger partial charge in [-0.05, 0) is 0 Å². The Hall–Kier alpha value is 0.591. The molecule has 0 N–H and O–H groups in total. The van der Waals surface area contributed by atoms with Crippen molar-refractivity contribution >= 4 is 27.5 Å². The summed E-state index contributed by atoms with van der Waals surface area (Å²) in [5, 5.41) is 0. The van der Waals surface area contributed by atoms with Crippen LogP contribution in [0.3, 0.4) is 0 Å². The van der Waals surface area contributed by atoms with Gasteiger partial charge in [0.1, 0.15) is 0 Å². The Morgan fingerprint density at radius 2 is 0.500 bits per heavy atom. The molecule has 0 saturated heterocycles. The first kappa shape index (κ1) is 29.3. The Labute approximate surface area is 120 Å². The Bertz CT molecular complexity index is 116. The van der Waals surface area contributed by atoms with Gasteiger partial charge in [0.2, 0.25) is 0 Å². The van der Waals surface area contributed by atoms with Gasteiger partial charge in [-0.3, -0.25) is 0 Å². The van der Waals surface area contributed by atoms with E-state index in [0.717, 1.165) is 0 Å². The summed E-state index contributed by atoms with van der Waals surface area (Å²) >= 11 is 0. The molecule has 0 bridgehead atoms. The van der Waals surface area contributed by atoms with Crippen LogP contribution in [0, 0.1) is 0 Å². The van der Waals surface area contributed by atoms with Crippen LogP contribution in [0.4, 0.5) is 0 Å². The minimum atomic E-state index is -3.63. The zero-order chi connectivity index (χ0) is 10.7. The second-order valence-corrected chi connectivity index (χ2v) is 2.25. The average Bonchev–Trinajstić information content (AvgIpc) is 1.54. The maximum atomic E-state index is 8.52. The smallest absolute Gasteiger partial charge is 0.672 e. The quantitative estimate of drug-likeness (QED) is 0.390. The van der Waals surface area contributed by atoms with Crippen LogP contribution in [-0.4, -0.2) is 27.5 Å². The Kier molecular flexibility index (Phi) is 49.0. The predicted molar refractivity (Wildman–Crippen MR) is 19.3 cm³/mol. The standard InChI is InChI=1S/3O3Si.2Sc/c3*1-4(2)3;;/q3*-2;2*+3. The van der Waals surface area contributed by atoms with E-state index in [4.69, 9.17) is 42.2 Å². The van der Waals surface area contributed by atoms with Crippen molar-refractivity contribution in [2.75, 3.05) is 0 Å². The fourth-order valence-electron chi connectivity index (χ4n) is 0. The van der Waals surface area contributed by atoms with Gasteiger partial charge in [-0.15, -0.1) is 0 Å². The van der Waals surface area contributed by atoms with E-state index in [0.29, 0.717) is 0 Å². The topological polar surface area (TPSA) is 190 Å². The second-order valence-electron chi connectivity index (χ2n) is 0.750. The summed E-state index contributed by atoms with van der Waals surface area (Å²) < 4.78 is 25.6. The van der Waals surface area contributed by atoms with Crippen LogP contribution in [0.5, 0.6) is 0 Å². The number of hydrogen-bond acceptors (Lipinski definition) is 9. The molecule has 0 aliphatic rings. The molecule has 0 atom stereocenters. The molecule has 9 nitrogen and oxygen atoms in total. The van der Waals surface area contributed by atoms with Gasteiger partial charge < -0.3 is 42.2 Å². The molecule has 0 radical (unpaired) electrons. The Morgan fingerprint density at radius 1 is 0.500 bits per heavy atom. The molecule has 72 valence electrons. The minimum absolute atomic E-state index is 0. The molecule has 0 saturated carbocycles. The van der Waals surface area contributed by atoms with E-state index >= 15 is 0 Å². The van der Waals surface area contributed by atoms with Gasteiger partial charge in [0.05, 0.1) is 0 Å². The van der Waals surface area contributed by atoms with Crippen molar-refractivity contribution in [1.82, 2.24) is 0 Å². The molecular formula is O9Sc2Si3. The van der Waals surface area contributed by atoms with Gasteiger partial charge in [0, 0.05) is 27.5 Å². The fraction of sp³-hybridized carbons (Fsp3) is 0. The zero-order valence-electron chi connectivity index (χ0n) is 6.33. The van der Waals surface area contributed by atoms with Crippen molar-refractivity contribution < 1.29 is 93.8 Å². The molecule has 0 fully saturated rings. The third-order valence-corrected chi connectivity index (χ3v) is 0. The summed E-state index contributed by atoms with van der Waals surface area (Å²) in [6.45, 7) is 0. The normalized spacial score (nSPS) is 5.14. The molecule has 0 unspecified atom stereocenters. The molecule has 0 amide bonds. The molecule has 0 aromatic carbocycles. The van der Waals surface area contributed by atoms with E-state index in [1.807, 2.05) is 0 Å². The fourth-order valence-corrected chi connectivity index (χ4v) is 0. The minimum Gasteiger partial charge on any atom is -0.672 e. The maximum absolute atomic E-state index is 8.52. The van der Waals surface area contributed by atoms with Crippen LogP contribution in [0.2, 0.25) is 0 Å². The van der Waals surface area contributed by atoms with E-state index in [1.165, 1.54) is 0 Å². The van der Waals surface area contributed by atoms with E-state index in [9.17, 15) is 0 Å². The number of hydrogen-bond donors (Lipinski definition) is 0. The maximum Gasteiger partial charge on any atom is 3.00 e. The molecule has 14 heteroatoms. The van der Waals surface area contributed by atoms with Gasteiger partial charge in [0.15, 0.2) is 0 Å². The Balaban J connectivity index is -0.0000000270. The van der Waals surface area contributed by atoms with Crippen molar-refractivity contribution in [3.8, 4) is 0 Å². The average molecular weight is 318 g/mol. The molecule has 0 aromatic heterocycles. The molecule has 0 heterocycles. The van der Waals surface area contributed by atoms with E-state index in [2.05, 4.69) is 0 Å². The van der Waals surface area contributed by atoms with Crippen LogP contribution in [-0.2, 0) is 65.1 Å². The first-order valence-corrected chi connectivity index (χ1v) is 5.51. The van der Waals surface area contributed by atoms with Crippen LogP contribution in [0.1, 0.15) is 0 Å². The Morgan fingerprint density at radius 3 is 0.500 bits per heavy atom. The molecule has 0 aliphatic carbocycles.